The zero-order chi connectivity index (χ0) is 16.7. The van der Waals surface area contributed by atoms with E-state index in [0.717, 1.165) is 37.9 Å². The molecule has 0 fully saturated rings. The largest absolute Gasteiger partial charge is 0.369 e. The van der Waals surface area contributed by atoms with Crippen LogP contribution in [-0.2, 0) is 0 Å². The van der Waals surface area contributed by atoms with Crippen LogP contribution in [0, 0.1) is 11.6 Å². The number of halogens is 2. The van der Waals surface area contributed by atoms with Gasteiger partial charge in [0.15, 0.2) is 5.69 Å². The molecule has 0 aliphatic carbocycles. The first-order chi connectivity index (χ1) is 11.1. The molecule has 0 aliphatic rings. The van der Waals surface area contributed by atoms with Crippen LogP contribution >= 0.6 is 0 Å². The Hall–Kier alpha value is -2.57. The second kappa shape index (κ2) is 8.17. The molecule has 2 N–H and O–H groups in total. The molecule has 0 aliphatic heterocycles. The van der Waals surface area contributed by atoms with Crippen molar-refractivity contribution < 1.29 is 13.6 Å². The fraction of sp³-hybridized carbons (Fsp3) is 0.312. The monoisotopic (exact) mass is 320 g/mol. The number of unbranched alkanes of at least 4 members (excludes halogenated alkanes) is 2. The minimum absolute atomic E-state index is 0.0215. The summed E-state index contributed by atoms with van der Waals surface area (Å²) < 4.78 is 27.0. The van der Waals surface area contributed by atoms with Gasteiger partial charge in [0.1, 0.15) is 23.1 Å². The molecule has 0 radical (unpaired) electrons. The Kier molecular flexibility index (Phi) is 5.96. The van der Waals surface area contributed by atoms with Crippen LogP contribution in [0.5, 0.6) is 0 Å². The summed E-state index contributed by atoms with van der Waals surface area (Å²) in [7, 11) is 0. The molecule has 122 valence electrons. The van der Waals surface area contributed by atoms with E-state index in [4.69, 9.17) is 0 Å². The van der Waals surface area contributed by atoms with Gasteiger partial charge in [-0.1, -0.05) is 25.8 Å². The third-order valence-electron chi connectivity index (χ3n) is 3.18. The quantitative estimate of drug-likeness (QED) is 0.765. The summed E-state index contributed by atoms with van der Waals surface area (Å²) in [4.78, 5) is 12.0. The van der Waals surface area contributed by atoms with Gasteiger partial charge in [0.2, 0.25) is 0 Å². The van der Waals surface area contributed by atoms with Crippen molar-refractivity contribution in [1.82, 2.24) is 10.2 Å². The van der Waals surface area contributed by atoms with Crippen LogP contribution in [0.4, 0.5) is 20.3 Å². The molecule has 0 saturated heterocycles. The number of carbonyl (C=O) groups is 1. The zero-order valence-corrected chi connectivity index (χ0v) is 12.8. The first-order valence-corrected chi connectivity index (χ1v) is 7.44. The number of hydrogen-bond acceptors (Lipinski definition) is 4. The van der Waals surface area contributed by atoms with E-state index in [2.05, 4.69) is 27.8 Å². The van der Waals surface area contributed by atoms with Crippen LogP contribution in [0.2, 0.25) is 0 Å². The number of para-hydroxylation sites is 1. The predicted octanol–water partition coefficient (Wildman–Crippen LogP) is 3.61. The van der Waals surface area contributed by atoms with Crippen LogP contribution in [0.15, 0.2) is 30.3 Å². The van der Waals surface area contributed by atoms with E-state index in [1.54, 1.807) is 6.07 Å². The fourth-order valence-corrected chi connectivity index (χ4v) is 1.93. The van der Waals surface area contributed by atoms with Crippen molar-refractivity contribution in [3.63, 3.8) is 0 Å². The number of rotatable bonds is 7. The molecule has 5 nitrogen and oxygen atoms in total. The lowest BCUT2D eigenvalue weighted by Crippen LogP contribution is -2.16. The zero-order valence-electron chi connectivity index (χ0n) is 12.8. The summed E-state index contributed by atoms with van der Waals surface area (Å²) in [6.45, 7) is 2.89. The second-order valence-electron chi connectivity index (χ2n) is 4.99. The lowest BCUT2D eigenvalue weighted by atomic mass is 10.2. The number of carbonyl (C=O) groups excluding carboxylic acids is 1. The number of nitrogens with zero attached hydrogens (tertiary/aromatic N) is 2. The minimum Gasteiger partial charge on any atom is -0.369 e. The maximum Gasteiger partial charge on any atom is 0.276 e. The highest BCUT2D eigenvalue weighted by atomic mass is 19.1. The van der Waals surface area contributed by atoms with Gasteiger partial charge >= 0.3 is 0 Å². The number of nitrogens with one attached hydrogen (secondary N) is 2. The average Bonchev–Trinajstić information content (AvgIpc) is 2.55. The van der Waals surface area contributed by atoms with Crippen molar-refractivity contribution in [2.24, 2.45) is 0 Å². The standard InChI is InChI=1S/C16H18F2N4O/c1-2-3-4-10-19-14-9-8-13(21-22-14)16(23)20-15-11(17)6-5-7-12(15)18/h5-9H,2-4,10H2,1H3,(H,19,22)(H,20,23). The SMILES string of the molecule is CCCCCNc1ccc(C(=O)Nc2c(F)cccc2F)nn1. The predicted molar refractivity (Wildman–Crippen MR) is 84.4 cm³/mol. The van der Waals surface area contributed by atoms with Gasteiger partial charge in [-0.25, -0.2) is 8.78 Å². The van der Waals surface area contributed by atoms with E-state index in [1.165, 1.54) is 12.1 Å². The van der Waals surface area contributed by atoms with Gasteiger partial charge in [0.25, 0.3) is 5.91 Å². The Morgan fingerprint density at radius 1 is 1.09 bits per heavy atom. The third kappa shape index (κ3) is 4.70. The van der Waals surface area contributed by atoms with E-state index in [-0.39, 0.29) is 5.69 Å². The molecule has 0 saturated carbocycles. The number of anilines is 2. The van der Waals surface area contributed by atoms with Gasteiger partial charge in [-0.2, -0.15) is 0 Å². The Bertz CT molecular complexity index is 641. The lowest BCUT2D eigenvalue weighted by molar-refractivity contribution is 0.102. The Morgan fingerprint density at radius 2 is 1.83 bits per heavy atom. The van der Waals surface area contributed by atoms with Crippen LogP contribution in [-0.4, -0.2) is 22.6 Å². The number of aromatic nitrogens is 2. The lowest BCUT2D eigenvalue weighted by Gasteiger charge is -2.07. The molecule has 0 unspecified atom stereocenters. The average molecular weight is 320 g/mol. The second-order valence-corrected chi connectivity index (χ2v) is 4.99. The molecule has 1 aromatic carbocycles. The molecule has 1 amide bonds. The van der Waals surface area contributed by atoms with Crippen LogP contribution in [0.25, 0.3) is 0 Å². The number of amides is 1. The summed E-state index contributed by atoms with van der Waals surface area (Å²) in [5.41, 5.74) is -0.521. The number of benzene rings is 1. The molecule has 2 aromatic rings. The van der Waals surface area contributed by atoms with Gasteiger partial charge in [-0.15, -0.1) is 10.2 Å². The smallest absolute Gasteiger partial charge is 0.276 e. The summed E-state index contributed by atoms with van der Waals surface area (Å²) in [5.74, 6) is -1.87. The molecule has 0 atom stereocenters. The van der Waals surface area contributed by atoms with Crippen molar-refractivity contribution in [1.29, 1.82) is 0 Å². The fourth-order valence-electron chi connectivity index (χ4n) is 1.93. The topological polar surface area (TPSA) is 66.9 Å². The molecule has 0 bridgehead atoms. The molecular formula is C16H18F2N4O. The third-order valence-corrected chi connectivity index (χ3v) is 3.18. The summed E-state index contributed by atoms with van der Waals surface area (Å²) in [5, 5.41) is 12.9. The maximum atomic E-state index is 13.5. The van der Waals surface area contributed by atoms with Crippen molar-refractivity contribution in [2.75, 3.05) is 17.2 Å². The van der Waals surface area contributed by atoms with Crippen LogP contribution in [0.3, 0.4) is 0 Å². The highest BCUT2D eigenvalue weighted by Crippen LogP contribution is 2.18. The molecule has 23 heavy (non-hydrogen) atoms. The van der Waals surface area contributed by atoms with Gasteiger partial charge in [-0.05, 0) is 30.7 Å². The highest BCUT2D eigenvalue weighted by Gasteiger charge is 2.14. The van der Waals surface area contributed by atoms with Gasteiger partial charge < -0.3 is 10.6 Å². The maximum absolute atomic E-state index is 13.5. The van der Waals surface area contributed by atoms with Crippen molar-refractivity contribution >= 4 is 17.4 Å². The highest BCUT2D eigenvalue weighted by molar-refractivity contribution is 6.02. The Balaban J connectivity index is 1.97. The van der Waals surface area contributed by atoms with E-state index in [1.807, 2.05) is 0 Å². The van der Waals surface area contributed by atoms with E-state index < -0.39 is 23.2 Å². The van der Waals surface area contributed by atoms with Gasteiger partial charge in [0, 0.05) is 6.54 Å². The molecule has 1 aromatic heterocycles. The first-order valence-electron chi connectivity index (χ1n) is 7.44. The van der Waals surface area contributed by atoms with Crippen LogP contribution < -0.4 is 10.6 Å². The van der Waals surface area contributed by atoms with Crippen LogP contribution in [0.1, 0.15) is 36.7 Å². The molecule has 0 spiro atoms. The molecule has 1 heterocycles. The van der Waals surface area contributed by atoms with E-state index >= 15 is 0 Å². The summed E-state index contributed by atoms with van der Waals surface area (Å²) in [6.07, 6.45) is 3.27. The van der Waals surface area contributed by atoms with E-state index in [9.17, 15) is 13.6 Å². The summed E-state index contributed by atoms with van der Waals surface area (Å²) in [6, 6.07) is 6.40. The van der Waals surface area contributed by atoms with Crippen molar-refractivity contribution in [2.45, 2.75) is 26.2 Å². The van der Waals surface area contributed by atoms with E-state index in [0.29, 0.717) is 5.82 Å². The minimum atomic E-state index is -0.847. The molecular weight excluding hydrogens is 302 g/mol. The molecule has 2 rings (SSSR count). The van der Waals surface area contributed by atoms with Crippen molar-refractivity contribution in [3.05, 3.63) is 47.7 Å². The van der Waals surface area contributed by atoms with Crippen molar-refractivity contribution in [3.8, 4) is 0 Å². The first kappa shape index (κ1) is 16.8. The summed E-state index contributed by atoms with van der Waals surface area (Å²) >= 11 is 0. The number of hydrogen-bond donors (Lipinski definition) is 2. The Morgan fingerprint density at radius 3 is 2.43 bits per heavy atom. The normalized spacial score (nSPS) is 10.4. The molecule has 7 heteroatoms. The van der Waals surface area contributed by atoms with Gasteiger partial charge in [0.05, 0.1) is 0 Å². The Labute approximate surface area is 133 Å². The van der Waals surface area contributed by atoms with Gasteiger partial charge in [-0.3, -0.25) is 4.79 Å².